The Hall–Kier alpha value is -2.76. The summed E-state index contributed by atoms with van der Waals surface area (Å²) in [6, 6.07) is 11.1. The molecule has 1 N–H and O–H groups in total. The molecule has 2 atom stereocenters. The average Bonchev–Trinajstić information content (AvgIpc) is 3.30. The minimum Gasteiger partial charge on any atom is -0.321 e. The highest BCUT2D eigenvalue weighted by Gasteiger charge is 2.50. The minimum absolute atomic E-state index is 0.0981. The van der Waals surface area contributed by atoms with E-state index >= 15 is 0 Å². The molecule has 1 saturated carbocycles. The molecule has 25 heavy (non-hydrogen) atoms. The second-order valence-electron chi connectivity index (χ2n) is 6.40. The van der Waals surface area contributed by atoms with E-state index in [1.54, 1.807) is 4.90 Å². The lowest BCUT2D eigenvalue weighted by Crippen LogP contribution is -2.32. The minimum atomic E-state index is -0.828. The number of fused-ring (bicyclic) bond motifs is 1. The van der Waals surface area contributed by atoms with Crippen molar-refractivity contribution >= 4 is 23.2 Å². The van der Waals surface area contributed by atoms with Crippen molar-refractivity contribution in [2.24, 2.45) is 11.8 Å². The summed E-state index contributed by atoms with van der Waals surface area (Å²) in [7, 11) is 0. The molecule has 1 aliphatic carbocycles. The molecule has 0 spiro atoms. The van der Waals surface area contributed by atoms with Gasteiger partial charge in [-0.25, -0.2) is 8.78 Å². The molecule has 1 heterocycles. The zero-order valence-corrected chi connectivity index (χ0v) is 13.3. The number of carbonyl (C=O) groups excluding carboxylic acids is 2. The van der Waals surface area contributed by atoms with Crippen molar-refractivity contribution in [2.75, 3.05) is 16.8 Å². The molecular formula is C19H16F2N2O2. The Balaban J connectivity index is 1.44. The second-order valence-corrected chi connectivity index (χ2v) is 6.40. The summed E-state index contributed by atoms with van der Waals surface area (Å²) in [5, 5.41) is 2.28. The van der Waals surface area contributed by atoms with Gasteiger partial charge in [-0.05, 0) is 36.6 Å². The monoisotopic (exact) mass is 342 g/mol. The molecule has 0 aromatic heterocycles. The van der Waals surface area contributed by atoms with Gasteiger partial charge in [0.1, 0.15) is 17.3 Å². The van der Waals surface area contributed by atoms with Crippen molar-refractivity contribution in [3.05, 3.63) is 59.7 Å². The fraction of sp³-hybridized carbons (Fsp3) is 0.263. The van der Waals surface area contributed by atoms with Crippen molar-refractivity contribution in [2.45, 2.75) is 12.8 Å². The van der Waals surface area contributed by atoms with Crippen LogP contribution in [0.5, 0.6) is 0 Å². The van der Waals surface area contributed by atoms with Crippen LogP contribution >= 0.6 is 0 Å². The first-order valence-corrected chi connectivity index (χ1v) is 8.20. The van der Waals surface area contributed by atoms with Crippen LogP contribution in [0, 0.1) is 23.5 Å². The number of nitrogens with zero attached hydrogens (tertiary/aromatic N) is 1. The first-order chi connectivity index (χ1) is 12.1. The third kappa shape index (κ3) is 2.77. The molecule has 2 aromatic carbocycles. The van der Waals surface area contributed by atoms with Crippen LogP contribution in [0.15, 0.2) is 42.5 Å². The SMILES string of the molecule is O=C(Nc1c(F)cccc1F)C1CC1C(=O)N1CCc2ccccc21. The van der Waals surface area contributed by atoms with Crippen LogP contribution in [0.2, 0.25) is 0 Å². The van der Waals surface area contributed by atoms with Crippen LogP contribution in [-0.4, -0.2) is 18.4 Å². The van der Waals surface area contributed by atoms with Gasteiger partial charge < -0.3 is 10.2 Å². The highest BCUT2D eigenvalue weighted by Crippen LogP contribution is 2.43. The van der Waals surface area contributed by atoms with Crippen LogP contribution in [0.3, 0.4) is 0 Å². The lowest BCUT2D eigenvalue weighted by atomic mass is 10.2. The topological polar surface area (TPSA) is 49.4 Å². The fourth-order valence-electron chi connectivity index (χ4n) is 3.36. The van der Waals surface area contributed by atoms with E-state index in [1.807, 2.05) is 24.3 Å². The van der Waals surface area contributed by atoms with Gasteiger partial charge >= 0.3 is 0 Å². The van der Waals surface area contributed by atoms with Crippen LogP contribution in [0.1, 0.15) is 12.0 Å². The van der Waals surface area contributed by atoms with Crippen molar-refractivity contribution in [3.63, 3.8) is 0 Å². The average molecular weight is 342 g/mol. The number of hydrogen-bond donors (Lipinski definition) is 1. The lowest BCUT2D eigenvalue weighted by molar-refractivity contribution is -0.123. The predicted octanol–water partition coefficient (Wildman–Crippen LogP) is 3.13. The van der Waals surface area contributed by atoms with E-state index in [0.717, 1.165) is 29.8 Å². The number of rotatable bonds is 3. The summed E-state index contributed by atoms with van der Waals surface area (Å²) in [4.78, 5) is 26.6. The first-order valence-electron chi connectivity index (χ1n) is 8.20. The molecule has 2 aliphatic rings. The van der Waals surface area contributed by atoms with Crippen molar-refractivity contribution in [1.29, 1.82) is 0 Å². The molecule has 2 aromatic rings. The molecule has 128 valence electrons. The second kappa shape index (κ2) is 5.95. The number of carbonyl (C=O) groups is 2. The van der Waals surface area contributed by atoms with Crippen LogP contribution in [-0.2, 0) is 16.0 Å². The first kappa shape index (κ1) is 15.7. The number of hydrogen-bond acceptors (Lipinski definition) is 2. The zero-order valence-electron chi connectivity index (χ0n) is 13.3. The molecule has 0 radical (unpaired) electrons. The van der Waals surface area contributed by atoms with Crippen molar-refractivity contribution in [1.82, 2.24) is 0 Å². The van der Waals surface area contributed by atoms with E-state index in [0.29, 0.717) is 13.0 Å². The number of benzene rings is 2. The Bertz CT molecular complexity index is 848. The molecule has 2 amide bonds. The van der Waals surface area contributed by atoms with Gasteiger partial charge in [0.25, 0.3) is 0 Å². The quantitative estimate of drug-likeness (QED) is 0.932. The molecule has 2 unspecified atom stereocenters. The van der Waals surface area contributed by atoms with Crippen LogP contribution < -0.4 is 10.2 Å². The van der Waals surface area contributed by atoms with E-state index in [-0.39, 0.29) is 5.91 Å². The van der Waals surface area contributed by atoms with E-state index in [2.05, 4.69) is 5.32 Å². The third-order valence-electron chi connectivity index (χ3n) is 4.81. The third-order valence-corrected chi connectivity index (χ3v) is 4.81. The maximum absolute atomic E-state index is 13.6. The molecule has 0 saturated heterocycles. The standard InChI is InChI=1S/C19H16F2N2O2/c20-14-5-3-6-15(21)17(14)22-18(24)12-10-13(12)19(25)23-9-8-11-4-1-2-7-16(11)23/h1-7,12-13H,8-10H2,(H,22,24). The summed E-state index contributed by atoms with van der Waals surface area (Å²) in [5.74, 6) is -3.25. The number of nitrogens with one attached hydrogen (secondary N) is 1. The van der Waals surface area contributed by atoms with Gasteiger partial charge in [0.05, 0.1) is 11.8 Å². The predicted molar refractivity (Wildman–Crippen MR) is 89.1 cm³/mol. The normalized spacial score (nSPS) is 21.0. The lowest BCUT2D eigenvalue weighted by Gasteiger charge is -2.17. The molecule has 1 aliphatic heterocycles. The molecule has 4 nitrogen and oxygen atoms in total. The molecule has 0 bridgehead atoms. The van der Waals surface area contributed by atoms with E-state index in [9.17, 15) is 18.4 Å². The Kier molecular flexibility index (Phi) is 3.75. The number of para-hydroxylation sites is 2. The van der Waals surface area contributed by atoms with Gasteiger partial charge in [-0.1, -0.05) is 24.3 Å². The summed E-state index contributed by atoms with van der Waals surface area (Å²) in [6.45, 7) is 0.602. The van der Waals surface area contributed by atoms with Crippen molar-refractivity contribution in [3.8, 4) is 0 Å². The number of halogens is 2. The van der Waals surface area contributed by atoms with Gasteiger partial charge in [-0.2, -0.15) is 0 Å². The Morgan fingerprint density at radius 3 is 2.48 bits per heavy atom. The Morgan fingerprint density at radius 2 is 1.72 bits per heavy atom. The Morgan fingerprint density at radius 1 is 1.00 bits per heavy atom. The van der Waals surface area contributed by atoms with E-state index in [4.69, 9.17) is 0 Å². The maximum Gasteiger partial charge on any atom is 0.230 e. The molecule has 4 rings (SSSR count). The fourth-order valence-corrected chi connectivity index (χ4v) is 3.36. The highest BCUT2D eigenvalue weighted by atomic mass is 19.1. The van der Waals surface area contributed by atoms with E-state index < -0.39 is 35.1 Å². The van der Waals surface area contributed by atoms with E-state index in [1.165, 1.54) is 6.07 Å². The summed E-state index contributed by atoms with van der Waals surface area (Å²) < 4.78 is 27.3. The molecule has 6 heteroatoms. The molecule has 1 fully saturated rings. The Labute approximate surface area is 143 Å². The van der Waals surface area contributed by atoms with Crippen LogP contribution in [0.25, 0.3) is 0 Å². The number of amides is 2. The van der Waals surface area contributed by atoms with Gasteiger partial charge in [0, 0.05) is 12.2 Å². The van der Waals surface area contributed by atoms with Gasteiger partial charge in [0.2, 0.25) is 11.8 Å². The smallest absolute Gasteiger partial charge is 0.230 e. The maximum atomic E-state index is 13.6. The van der Waals surface area contributed by atoms with Gasteiger partial charge in [-0.3, -0.25) is 9.59 Å². The van der Waals surface area contributed by atoms with Gasteiger partial charge in [0.15, 0.2) is 0 Å². The van der Waals surface area contributed by atoms with Gasteiger partial charge in [-0.15, -0.1) is 0 Å². The largest absolute Gasteiger partial charge is 0.321 e. The highest BCUT2D eigenvalue weighted by molar-refractivity contribution is 6.05. The van der Waals surface area contributed by atoms with Crippen LogP contribution in [0.4, 0.5) is 20.2 Å². The summed E-state index contributed by atoms with van der Waals surface area (Å²) >= 11 is 0. The summed E-state index contributed by atoms with van der Waals surface area (Å²) in [5.41, 5.74) is 1.54. The molecular weight excluding hydrogens is 326 g/mol. The summed E-state index contributed by atoms with van der Waals surface area (Å²) in [6.07, 6.45) is 1.20. The zero-order chi connectivity index (χ0) is 17.6. The van der Waals surface area contributed by atoms with Crippen molar-refractivity contribution < 1.29 is 18.4 Å². The number of anilines is 2.